The Hall–Kier alpha value is -2.44. The minimum Gasteiger partial charge on any atom is -0.470 e. The third kappa shape index (κ3) is 3.23. The summed E-state index contributed by atoms with van der Waals surface area (Å²) in [6.07, 6.45) is 5.51. The third-order valence-corrected chi connectivity index (χ3v) is 4.40. The Morgan fingerprint density at radius 3 is 3.08 bits per heavy atom. The van der Waals surface area contributed by atoms with E-state index in [9.17, 15) is 4.39 Å². The molecule has 1 aromatic carbocycles. The maximum absolute atomic E-state index is 14.0. The van der Waals surface area contributed by atoms with Gasteiger partial charge in [-0.3, -0.25) is 0 Å². The zero-order valence-corrected chi connectivity index (χ0v) is 14.0. The van der Waals surface area contributed by atoms with E-state index in [1.807, 2.05) is 6.08 Å². The lowest BCUT2D eigenvalue weighted by atomic mass is 10.1. The predicted molar refractivity (Wildman–Crippen MR) is 93.0 cm³/mol. The summed E-state index contributed by atoms with van der Waals surface area (Å²) in [6, 6.07) is 5.34. The van der Waals surface area contributed by atoms with Crippen LogP contribution in [-0.4, -0.2) is 23.1 Å². The van der Waals surface area contributed by atoms with Gasteiger partial charge in [0.1, 0.15) is 12.2 Å². The van der Waals surface area contributed by atoms with E-state index >= 15 is 0 Å². The van der Waals surface area contributed by atoms with E-state index in [0.29, 0.717) is 16.4 Å². The standard InChI is InChI=1S/C18H15ClFN3O2/c19-14-2-1-12(16-13(14)5-8-24-16)10-25-18-15(20)9-22-17(23-18)11-3-6-21-7-4-11/h1-3,5,8-9,21H,4,6-7,10H2. The number of ether oxygens (including phenoxy) is 1. The summed E-state index contributed by atoms with van der Waals surface area (Å²) in [6.45, 7) is 1.73. The van der Waals surface area contributed by atoms with Crippen LogP contribution in [0.2, 0.25) is 5.02 Å². The summed E-state index contributed by atoms with van der Waals surface area (Å²) >= 11 is 6.13. The number of nitrogens with zero attached hydrogens (tertiary/aromatic N) is 2. The number of furan rings is 1. The van der Waals surface area contributed by atoms with E-state index in [0.717, 1.165) is 42.2 Å². The summed E-state index contributed by atoms with van der Waals surface area (Å²) in [5.74, 6) is -0.167. The number of hydrogen-bond acceptors (Lipinski definition) is 5. The van der Waals surface area contributed by atoms with Gasteiger partial charge in [-0.25, -0.2) is 4.98 Å². The Bertz CT molecular complexity index is 955. The van der Waals surface area contributed by atoms with Crippen molar-refractivity contribution in [2.45, 2.75) is 13.0 Å². The Kier molecular flexibility index (Phi) is 4.38. The van der Waals surface area contributed by atoms with Crippen LogP contribution >= 0.6 is 11.6 Å². The van der Waals surface area contributed by atoms with Crippen molar-refractivity contribution >= 4 is 28.1 Å². The van der Waals surface area contributed by atoms with E-state index < -0.39 is 5.82 Å². The van der Waals surface area contributed by atoms with E-state index in [1.54, 1.807) is 24.5 Å². The molecule has 0 unspecified atom stereocenters. The van der Waals surface area contributed by atoms with Gasteiger partial charge < -0.3 is 14.5 Å². The fraction of sp³-hybridized carbons (Fsp3) is 0.222. The van der Waals surface area contributed by atoms with E-state index in [-0.39, 0.29) is 12.5 Å². The van der Waals surface area contributed by atoms with Crippen LogP contribution in [0.5, 0.6) is 5.88 Å². The molecule has 0 radical (unpaired) electrons. The number of aromatic nitrogens is 2. The summed E-state index contributed by atoms with van der Waals surface area (Å²) in [7, 11) is 0. The molecule has 0 bridgehead atoms. The van der Waals surface area contributed by atoms with E-state index in [2.05, 4.69) is 15.3 Å². The highest BCUT2D eigenvalue weighted by molar-refractivity contribution is 6.35. The molecule has 7 heteroatoms. The van der Waals surface area contributed by atoms with Gasteiger partial charge in [-0.15, -0.1) is 0 Å². The lowest BCUT2D eigenvalue weighted by Crippen LogP contribution is -2.20. The molecule has 0 saturated heterocycles. The fourth-order valence-electron chi connectivity index (χ4n) is 2.78. The molecular formula is C18H15ClFN3O2. The highest BCUT2D eigenvalue weighted by atomic mass is 35.5. The molecule has 1 aliphatic rings. The second kappa shape index (κ2) is 6.82. The van der Waals surface area contributed by atoms with Gasteiger partial charge in [-0.2, -0.15) is 9.37 Å². The van der Waals surface area contributed by atoms with Crippen LogP contribution in [0, 0.1) is 5.82 Å². The van der Waals surface area contributed by atoms with Gasteiger partial charge in [0.25, 0.3) is 5.88 Å². The Morgan fingerprint density at radius 1 is 1.32 bits per heavy atom. The molecule has 128 valence electrons. The quantitative estimate of drug-likeness (QED) is 0.763. The number of benzene rings is 1. The van der Waals surface area contributed by atoms with Gasteiger partial charge in [0.05, 0.1) is 17.5 Å². The first-order chi connectivity index (χ1) is 12.2. The average Bonchev–Trinajstić information content (AvgIpc) is 3.14. The number of fused-ring (bicyclic) bond motifs is 1. The molecule has 2 aromatic heterocycles. The van der Waals surface area contributed by atoms with Crippen molar-refractivity contribution in [3.63, 3.8) is 0 Å². The Balaban J connectivity index is 1.59. The Labute approximate surface area is 148 Å². The van der Waals surface area contributed by atoms with Crippen molar-refractivity contribution < 1.29 is 13.5 Å². The normalized spacial score (nSPS) is 14.6. The van der Waals surface area contributed by atoms with E-state index in [4.69, 9.17) is 20.8 Å². The maximum atomic E-state index is 14.0. The largest absolute Gasteiger partial charge is 0.470 e. The second-order valence-electron chi connectivity index (χ2n) is 5.69. The molecule has 0 fully saturated rings. The van der Waals surface area contributed by atoms with Crippen molar-refractivity contribution in [2.75, 3.05) is 13.1 Å². The lowest BCUT2D eigenvalue weighted by molar-refractivity contribution is 0.275. The summed E-state index contributed by atoms with van der Waals surface area (Å²) in [4.78, 5) is 8.31. The summed E-state index contributed by atoms with van der Waals surface area (Å²) < 4.78 is 25.1. The van der Waals surface area contributed by atoms with Gasteiger partial charge in [0.15, 0.2) is 5.82 Å². The predicted octanol–water partition coefficient (Wildman–Crippen LogP) is 3.97. The van der Waals surface area contributed by atoms with Crippen molar-refractivity contribution in [3.8, 4) is 5.88 Å². The van der Waals surface area contributed by atoms with Crippen molar-refractivity contribution in [3.05, 3.63) is 59.0 Å². The number of halogens is 2. The molecule has 5 nitrogen and oxygen atoms in total. The van der Waals surface area contributed by atoms with Crippen molar-refractivity contribution in [2.24, 2.45) is 0 Å². The molecular weight excluding hydrogens is 345 g/mol. The van der Waals surface area contributed by atoms with Gasteiger partial charge in [0.2, 0.25) is 5.82 Å². The summed E-state index contributed by atoms with van der Waals surface area (Å²) in [5.41, 5.74) is 2.39. The maximum Gasteiger partial charge on any atom is 0.254 e. The minimum atomic E-state index is -0.595. The van der Waals surface area contributed by atoms with Crippen LogP contribution in [0.25, 0.3) is 16.5 Å². The molecule has 0 amide bonds. The van der Waals surface area contributed by atoms with Gasteiger partial charge in [-0.1, -0.05) is 23.7 Å². The topological polar surface area (TPSA) is 60.2 Å². The SMILES string of the molecule is Fc1cnc(C2=CCNCC2)nc1OCc1ccc(Cl)c2ccoc12. The van der Waals surface area contributed by atoms with Crippen LogP contribution < -0.4 is 10.1 Å². The molecule has 25 heavy (non-hydrogen) atoms. The molecule has 0 aliphatic carbocycles. The minimum absolute atomic E-state index is 0.0703. The lowest BCUT2D eigenvalue weighted by Gasteiger charge is -2.14. The Morgan fingerprint density at radius 2 is 2.24 bits per heavy atom. The molecule has 4 rings (SSSR count). The van der Waals surface area contributed by atoms with Gasteiger partial charge in [-0.05, 0) is 30.7 Å². The first-order valence-electron chi connectivity index (χ1n) is 7.92. The number of nitrogens with one attached hydrogen (secondary N) is 1. The average molecular weight is 360 g/mol. The monoisotopic (exact) mass is 359 g/mol. The van der Waals surface area contributed by atoms with Gasteiger partial charge in [0, 0.05) is 17.5 Å². The highest BCUT2D eigenvalue weighted by Gasteiger charge is 2.15. The van der Waals surface area contributed by atoms with Crippen molar-refractivity contribution in [1.82, 2.24) is 15.3 Å². The first-order valence-corrected chi connectivity index (χ1v) is 8.30. The number of rotatable bonds is 4. The highest BCUT2D eigenvalue weighted by Crippen LogP contribution is 2.28. The van der Waals surface area contributed by atoms with Gasteiger partial charge >= 0.3 is 0 Å². The van der Waals surface area contributed by atoms with Crippen LogP contribution in [0.15, 0.2) is 41.2 Å². The van der Waals surface area contributed by atoms with Crippen LogP contribution in [0.1, 0.15) is 17.8 Å². The molecule has 0 saturated carbocycles. The van der Waals surface area contributed by atoms with Crippen molar-refractivity contribution in [1.29, 1.82) is 0 Å². The fourth-order valence-corrected chi connectivity index (χ4v) is 2.99. The molecule has 3 heterocycles. The second-order valence-corrected chi connectivity index (χ2v) is 6.10. The first kappa shape index (κ1) is 16.1. The van der Waals surface area contributed by atoms with Crippen LogP contribution in [0.4, 0.5) is 4.39 Å². The molecule has 3 aromatic rings. The van der Waals surface area contributed by atoms with Crippen LogP contribution in [0.3, 0.4) is 0 Å². The molecule has 1 N–H and O–H groups in total. The zero-order valence-electron chi connectivity index (χ0n) is 13.3. The molecule has 1 aliphatic heterocycles. The molecule has 0 atom stereocenters. The third-order valence-electron chi connectivity index (χ3n) is 4.07. The number of hydrogen-bond donors (Lipinski definition) is 1. The smallest absolute Gasteiger partial charge is 0.254 e. The summed E-state index contributed by atoms with van der Waals surface area (Å²) in [5, 5.41) is 4.61. The van der Waals surface area contributed by atoms with E-state index in [1.165, 1.54) is 0 Å². The zero-order chi connectivity index (χ0) is 17.2. The van der Waals surface area contributed by atoms with Crippen LogP contribution in [-0.2, 0) is 6.61 Å². The molecule has 0 spiro atoms.